The lowest BCUT2D eigenvalue weighted by atomic mass is 10.7. The molecule has 4 heteroatoms. The van der Waals surface area contributed by atoms with Crippen molar-refractivity contribution < 1.29 is 0 Å². The van der Waals surface area contributed by atoms with Crippen LogP contribution in [0.15, 0.2) is 5.11 Å². The summed E-state index contributed by atoms with van der Waals surface area (Å²) in [6.07, 6.45) is 0. The molecule has 6 heavy (non-hydrogen) atoms. The number of nitrogens with one attached hydrogen (secondary N) is 1. The van der Waals surface area contributed by atoms with Gasteiger partial charge in [0.25, 0.3) is 0 Å². The Balaban J connectivity index is 3.23. The Hall–Kier alpha value is -0.350. The lowest BCUT2D eigenvalue weighted by molar-refractivity contribution is 1.16. The summed E-state index contributed by atoms with van der Waals surface area (Å²) in [4.78, 5) is 0.245. The lowest BCUT2D eigenvalue weighted by Gasteiger charge is -1.78. The van der Waals surface area contributed by atoms with E-state index in [0.29, 0.717) is 0 Å². The largest absolute Gasteiger partial charge is 0.324 e. The number of nitrogens with two attached hydrogens (primary N) is 1. The Kier molecular flexibility index (Phi) is 2.70. The van der Waals surface area contributed by atoms with E-state index in [1.54, 1.807) is 0 Å². The first-order valence-corrected chi connectivity index (χ1v) is 1.82. The number of rotatable bonds is 1. The molecule has 0 saturated carbocycles. The topological polar surface area (TPSA) is 62.2 Å². The fourth-order valence-corrected chi connectivity index (χ4v) is 0.0456. The molecular weight excluding hydrogens is 98.1 g/mol. The summed E-state index contributed by atoms with van der Waals surface area (Å²) in [5.41, 5.74) is 11.1. The van der Waals surface area contributed by atoms with Crippen molar-refractivity contribution in [2.75, 3.05) is 6.54 Å². The molecule has 0 aliphatic carbocycles. The van der Waals surface area contributed by atoms with Gasteiger partial charge in [-0.2, -0.15) is 5.11 Å². The number of hydrogen-bond donors (Lipinski definition) is 2. The Morgan fingerprint density at radius 1 is 2.00 bits per heavy atom. The number of nitrogens with zero attached hydrogens (tertiary/aromatic N) is 1. The third-order valence-corrected chi connectivity index (χ3v) is 0.557. The zero-order chi connectivity index (χ0) is 4.99. The van der Waals surface area contributed by atoms with Crippen LogP contribution >= 0.6 is 12.2 Å². The van der Waals surface area contributed by atoms with Crippen LogP contribution in [0.1, 0.15) is 0 Å². The van der Waals surface area contributed by atoms with Gasteiger partial charge in [-0.3, -0.25) is 0 Å². The van der Waals surface area contributed by atoms with Gasteiger partial charge in [0.2, 0.25) is 0 Å². The minimum atomic E-state index is 0.207. The molecule has 0 heterocycles. The van der Waals surface area contributed by atoms with Gasteiger partial charge in [0.15, 0.2) is 0 Å². The van der Waals surface area contributed by atoms with Gasteiger partial charge in [-0.15, -0.1) is 0 Å². The Labute approximate surface area is 41.0 Å². The van der Waals surface area contributed by atoms with Gasteiger partial charge < -0.3 is 5.73 Å². The zero-order valence-electron chi connectivity index (χ0n) is 3.14. The molecule has 0 saturated heterocycles. The predicted molar refractivity (Wildman–Crippen MR) is 26.8 cm³/mol. The minimum Gasteiger partial charge on any atom is -0.324 e. The third-order valence-electron chi connectivity index (χ3n) is 0.299. The SMILES string of the molecule is N=NC(=S)CN. The second kappa shape index (κ2) is 2.87. The predicted octanol–water partition coefficient (Wildman–Crippen LogP) is 0.303. The number of thiocarbonyl (C=S) groups is 1. The summed E-state index contributed by atoms with van der Waals surface area (Å²) in [5.74, 6) is 0. The first-order valence-electron chi connectivity index (χ1n) is 1.41. The van der Waals surface area contributed by atoms with Crippen LogP contribution in [0.5, 0.6) is 0 Å². The van der Waals surface area contributed by atoms with Gasteiger partial charge in [0.05, 0.1) is 0 Å². The van der Waals surface area contributed by atoms with Crippen molar-refractivity contribution in [2.45, 2.75) is 0 Å². The molecule has 0 amide bonds. The molecule has 0 aromatic carbocycles. The highest BCUT2D eigenvalue weighted by Crippen LogP contribution is 1.69. The molecule has 0 aliphatic rings. The van der Waals surface area contributed by atoms with E-state index in [9.17, 15) is 0 Å². The Morgan fingerprint density at radius 3 is 2.50 bits per heavy atom. The van der Waals surface area contributed by atoms with Crippen molar-refractivity contribution in [3.63, 3.8) is 0 Å². The van der Waals surface area contributed by atoms with Crippen LogP contribution in [-0.4, -0.2) is 11.5 Å². The summed E-state index contributed by atoms with van der Waals surface area (Å²) in [5, 5.41) is 2.86. The van der Waals surface area contributed by atoms with Crippen LogP contribution in [0, 0.1) is 5.53 Å². The molecule has 0 aromatic rings. The quantitative estimate of drug-likeness (QED) is 0.370. The van der Waals surface area contributed by atoms with E-state index >= 15 is 0 Å². The van der Waals surface area contributed by atoms with E-state index in [-0.39, 0.29) is 11.5 Å². The second-order valence-corrected chi connectivity index (χ2v) is 1.18. The summed E-state index contributed by atoms with van der Waals surface area (Å²) >= 11 is 4.38. The molecule has 3 nitrogen and oxygen atoms in total. The summed E-state index contributed by atoms with van der Waals surface area (Å²) in [7, 11) is 0. The average Bonchev–Trinajstić information content (AvgIpc) is 1.65. The third kappa shape index (κ3) is 1.92. The summed E-state index contributed by atoms with van der Waals surface area (Å²) in [6, 6.07) is 0. The molecule has 0 radical (unpaired) electrons. The standard InChI is InChI=1S/C2H5N3S/c3-1-2(6)5-4/h4H,1,3H2. The monoisotopic (exact) mass is 103 g/mol. The molecule has 0 spiro atoms. The molecule has 0 unspecified atom stereocenters. The van der Waals surface area contributed by atoms with E-state index in [0.717, 1.165) is 0 Å². The van der Waals surface area contributed by atoms with Crippen LogP contribution in [-0.2, 0) is 0 Å². The van der Waals surface area contributed by atoms with E-state index in [2.05, 4.69) is 17.3 Å². The van der Waals surface area contributed by atoms with E-state index in [1.807, 2.05) is 0 Å². The van der Waals surface area contributed by atoms with Crippen molar-refractivity contribution in [3.8, 4) is 0 Å². The van der Waals surface area contributed by atoms with E-state index < -0.39 is 0 Å². The van der Waals surface area contributed by atoms with Crippen molar-refractivity contribution in [1.82, 2.24) is 0 Å². The number of hydrogen-bond acceptors (Lipinski definition) is 3. The van der Waals surface area contributed by atoms with Gasteiger partial charge in [-0.25, -0.2) is 5.53 Å². The summed E-state index contributed by atoms with van der Waals surface area (Å²) < 4.78 is 0. The second-order valence-electron chi connectivity index (χ2n) is 0.710. The van der Waals surface area contributed by atoms with Gasteiger partial charge >= 0.3 is 0 Å². The smallest absolute Gasteiger partial charge is 0.138 e. The minimum absolute atomic E-state index is 0.207. The molecule has 0 aliphatic heterocycles. The molecular formula is C2H5N3S. The van der Waals surface area contributed by atoms with Crippen LogP contribution in [0.2, 0.25) is 0 Å². The molecule has 0 fully saturated rings. The Morgan fingerprint density at radius 2 is 2.50 bits per heavy atom. The average molecular weight is 103 g/mol. The highest BCUT2D eigenvalue weighted by atomic mass is 32.1. The van der Waals surface area contributed by atoms with Gasteiger partial charge in [-0.1, -0.05) is 12.2 Å². The maximum atomic E-state index is 6.21. The molecule has 0 atom stereocenters. The zero-order valence-corrected chi connectivity index (χ0v) is 3.96. The first kappa shape index (κ1) is 5.65. The van der Waals surface area contributed by atoms with Crippen LogP contribution in [0.25, 0.3) is 0 Å². The normalized spacial score (nSPS) is 7.50. The fourth-order valence-electron chi connectivity index (χ4n) is 0.0456. The van der Waals surface area contributed by atoms with Gasteiger partial charge in [0, 0.05) is 6.54 Å². The maximum Gasteiger partial charge on any atom is 0.138 e. The van der Waals surface area contributed by atoms with Gasteiger partial charge in [0.1, 0.15) is 4.99 Å². The lowest BCUT2D eigenvalue weighted by Crippen LogP contribution is -2.06. The van der Waals surface area contributed by atoms with Gasteiger partial charge in [-0.05, 0) is 0 Å². The Bertz CT molecular complexity index is 69.2. The van der Waals surface area contributed by atoms with Crippen molar-refractivity contribution >= 4 is 17.2 Å². The van der Waals surface area contributed by atoms with Crippen LogP contribution in [0.3, 0.4) is 0 Å². The molecule has 34 valence electrons. The fraction of sp³-hybridized carbons (Fsp3) is 0.500. The molecule has 3 N–H and O–H groups in total. The highest BCUT2D eigenvalue weighted by molar-refractivity contribution is 7.80. The molecule has 0 aromatic heterocycles. The van der Waals surface area contributed by atoms with Crippen LogP contribution in [0.4, 0.5) is 0 Å². The van der Waals surface area contributed by atoms with E-state index in [4.69, 9.17) is 11.3 Å². The van der Waals surface area contributed by atoms with E-state index in [1.165, 1.54) is 0 Å². The molecule has 0 bridgehead atoms. The highest BCUT2D eigenvalue weighted by Gasteiger charge is 1.79. The summed E-state index contributed by atoms with van der Waals surface area (Å²) in [6.45, 7) is 0.207. The first-order chi connectivity index (χ1) is 2.81. The van der Waals surface area contributed by atoms with Crippen molar-refractivity contribution in [2.24, 2.45) is 10.8 Å². The molecule has 0 rings (SSSR count). The van der Waals surface area contributed by atoms with Crippen LogP contribution < -0.4 is 5.73 Å². The van der Waals surface area contributed by atoms with Crippen molar-refractivity contribution in [3.05, 3.63) is 0 Å². The van der Waals surface area contributed by atoms with Crippen molar-refractivity contribution in [1.29, 1.82) is 5.53 Å². The maximum absolute atomic E-state index is 6.21.